The molecule has 0 amide bonds. The number of halogens is 2. The molecule has 0 radical (unpaired) electrons. The van der Waals surface area contributed by atoms with E-state index in [0.29, 0.717) is 9.37 Å². The first-order valence-electron chi connectivity index (χ1n) is 5.63. The number of carboxylic acids is 1. The summed E-state index contributed by atoms with van der Waals surface area (Å²) in [6, 6.07) is 12.1. The third-order valence-electron chi connectivity index (χ3n) is 2.63. The lowest BCUT2D eigenvalue weighted by atomic mass is 10.2. The molecule has 104 valence electrons. The average Bonchev–Trinajstić information content (AvgIpc) is 2.41. The van der Waals surface area contributed by atoms with Crippen LogP contribution in [0.3, 0.4) is 0 Å². The second-order valence-electron chi connectivity index (χ2n) is 4.06. The van der Waals surface area contributed by atoms with E-state index >= 15 is 0 Å². The third kappa shape index (κ3) is 3.77. The second-order valence-corrected chi connectivity index (χ2v) is 7.31. The van der Waals surface area contributed by atoms with Gasteiger partial charge >= 0.3 is 5.97 Å². The van der Waals surface area contributed by atoms with Crippen molar-refractivity contribution < 1.29 is 14.1 Å². The van der Waals surface area contributed by atoms with E-state index in [1.807, 2.05) is 24.3 Å². The van der Waals surface area contributed by atoms with Crippen LogP contribution in [0.15, 0.2) is 56.3 Å². The van der Waals surface area contributed by atoms with Crippen LogP contribution in [-0.4, -0.2) is 15.3 Å². The Morgan fingerprint density at radius 2 is 1.65 bits per heavy atom. The monoisotopic (exact) mass is 416 g/mol. The number of benzene rings is 2. The Balaban J connectivity index is 2.31. The number of hydrogen-bond acceptors (Lipinski definition) is 2. The fourth-order valence-electron chi connectivity index (χ4n) is 1.67. The standard InChI is InChI=1S/C14H10Br2O3S/c15-10-3-1-9(2-4-10)8-20(19)13-7-11(16)5-6-12(13)14(17)18/h1-7H,8H2,(H,17,18). The fourth-order valence-corrected chi connectivity index (χ4v) is 3.76. The molecule has 0 aliphatic carbocycles. The van der Waals surface area contributed by atoms with Crippen LogP contribution in [0.4, 0.5) is 0 Å². The highest BCUT2D eigenvalue weighted by Gasteiger charge is 2.16. The minimum absolute atomic E-state index is 0.0728. The van der Waals surface area contributed by atoms with E-state index in [4.69, 9.17) is 5.11 Å². The highest BCUT2D eigenvalue weighted by molar-refractivity contribution is 9.10. The Morgan fingerprint density at radius 3 is 2.25 bits per heavy atom. The van der Waals surface area contributed by atoms with Crippen LogP contribution in [0, 0.1) is 0 Å². The molecule has 20 heavy (non-hydrogen) atoms. The molecule has 0 spiro atoms. The van der Waals surface area contributed by atoms with Crippen LogP contribution in [-0.2, 0) is 16.6 Å². The molecule has 2 rings (SSSR count). The van der Waals surface area contributed by atoms with Gasteiger partial charge < -0.3 is 5.11 Å². The van der Waals surface area contributed by atoms with Gasteiger partial charge in [-0.3, -0.25) is 4.21 Å². The Kier molecular flexibility index (Phi) is 5.12. The first-order valence-corrected chi connectivity index (χ1v) is 8.53. The summed E-state index contributed by atoms with van der Waals surface area (Å²) in [6.07, 6.45) is 0. The highest BCUT2D eigenvalue weighted by atomic mass is 79.9. The zero-order valence-electron chi connectivity index (χ0n) is 10.2. The van der Waals surface area contributed by atoms with Gasteiger partial charge in [-0.05, 0) is 35.9 Å². The second kappa shape index (κ2) is 6.65. The minimum atomic E-state index is -1.41. The van der Waals surface area contributed by atoms with Crippen molar-refractivity contribution >= 4 is 48.6 Å². The maximum atomic E-state index is 12.4. The van der Waals surface area contributed by atoms with Gasteiger partial charge in [0.25, 0.3) is 0 Å². The van der Waals surface area contributed by atoms with Gasteiger partial charge in [-0.2, -0.15) is 0 Å². The molecule has 1 N–H and O–H groups in total. The average molecular weight is 418 g/mol. The van der Waals surface area contributed by atoms with Gasteiger partial charge in [0, 0.05) is 8.95 Å². The summed E-state index contributed by atoms with van der Waals surface area (Å²) >= 11 is 6.61. The van der Waals surface area contributed by atoms with Crippen molar-refractivity contribution in [2.24, 2.45) is 0 Å². The van der Waals surface area contributed by atoms with Crippen LogP contribution >= 0.6 is 31.9 Å². The van der Waals surface area contributed by atoms with E-state index in [1.165, 1.54) is 6.07 Å². The molecule has 0 saturated heterocycles. The Labute approximate surface area is 135 Å². The number of carbonyl (C=O) groups is 1. The van der Waals surface area contributed by atoms with Crippen LogP contribution in [0.1, 0.15) is 15.9 Å². The molecule has 1 atom stereocenters. The first kappa shape index (κ1) is 15.4. The van der Waals surface area contributed by atoms with Gasteiger partial charge in [-0.25, -0.2) is 4.79 Å². The van der Waals surface area contributed by atoms with Crippen molar-refractivity contribution in [3.8, 4) is 0 Å². The molecule has 2 aromatic rings. The van der Waals surface area contributed by atoms with Crippen LogP contribution in [0.2, 0.25) is 0 Å². The predicted molar refractivity (Wildman–Crippen MR) is 85.4 cm³/mol. The molecule has 0 bridgehead atoms. The first-order chi connectivity index (χ1) is 9.47. The number of rotatable bonds is 4. The van der Waals surface area contributed by atoms with E-state index in [9.17, 15) is 9.00 Å². The van der Waals surface area contributed by atoms with E-state index < -0.39 is 16.8 Å². The molecule has 6 heteroatoms. The van der Waals surface area contributed by atoms with E-state index in [2.05, 4.69) is 31.9 Å². The summed E-state index contributed by atoms with van der Waals surface area (Å²) in [6.45, 7) is 0. The molecule has 0 saturated carbocycles. The third-order valence-corrected chi connectivity index (χ3v) is 5.08. The quantitative estimate of drug-likeness (QED) is 0.810. The molecule has 0 aromatic heterocycles. The minimum Gasteiger partial charge on any atom is -0.478 e. The molecule has 1 unspecified atom stereocenters. The maximum absolute atomic E-state index is 12.4. The number of hydrogen-bond donors (Lipinski definition) is 1. The van der Waals surface area contributed by atoms with Crippen LogP contribution < -0.4 is 0 Å². The summed E-state index contributed by atoms with van der Waals surface area (Å²) in [7, 11) is -1.41. The largest absolute Gasteiger partial charge is 0.478 e. The molecule has 0 aliphatic rings. The SMILES string of the molecule is O=C(O)c1ccc(Br)cc1S(=O)Cc1ccc(Br)cc1. The molecule has 0 aliphatic heterocycles. The number of aromatic carboxylic acids is 1. The van der Waals surface area contributed by atoms with Gasteiger partial charge in [0.2, 0.25) is 0 Å². The zero-order valence-corrected chi connectivity index (χ0v) is 14.2. The Morgan fingerprint density at radius 1 is 1.05 bits per heavy atom. The van der Waals surface area contributed by atoms with Gasteiger partial charge in [0.15, 0.2) is 0 Å². The van der Waals surface area contributed by atoms with Crippen molar-refractivity contribution in [1.82, 2.24) is 0 Å². The van der Waals surface area contributed by atoms with Gasteiger partial charge in [0.1, 0.15) is 0 Å². The van der Waals surface area contributed by atoms with Crippen LogP contribution in [0.25, 0.3) is 0 Å². The summed E-state index contributed by atoms with van der Waals surface area (Å²) < 4.78 is 14.0. The van der Waals surface area contributed by atoms with E-state index in [1.54, 1.807) is 12.1 Å². The lowest BCUT2D eigenvalue weighted by Crippen LogP contribution is -2.06. The van der Waals surface area contributed by atoms with Crippen molar-refractivity contribution in [1.29, 1.82) is 0 Å². The van der Waals surface area contributed by atoms with Gasteiger partial charge in [0.05, 0.1) is 27.0 Å². The Hall–Kier alpha value is -0.980. The van der Waals surface area contributed by atoms with Crippen LogP contribution in [0.5, 0.6) is 0 Å². The molecule has 0 fully saturated rings. The highest BCUT2D eigenvalue weighted by Crippen LogP contribution is 2.22. The molecule has 2 aromatic carbocycles. The molecular weight excluding hydrogens is 408 g/mol. The lowest BCUT2D eigenvalue weighted by molar-refractivity contribution is 0.0693. The van der Waals surface area contributed by atoms with Crippen molar-refractivity contribution in [3.05, 3.63) is 62.5 Å². The predicted octanol–water partition coefficient (Wildman–Crippen LogP) is 4.22. The summed E-state index contributed by atoms with van der Waals surface area (Å²) in [5, 5.41) is 9.15. The fraction of sp³-hybridized carbons (Fsp3) is 0.0714. The summed E-state index contributed by atoms with van der Waals surface area (Å²) in [5.41, 5.74) is 0.964. The van der Waals surface area contributed by atoms with Crippen molar-refractivity contribution in [2.75, 3.05) is 0 Å². The zero-order chi connectivity index (χ0) is 14.7. The molecule has 0 heterocycles. The van der Waals surface area contributed by atoms with Crippen molar-refractivity contribution in [3.63, 3.8) is 0 Å². The van der Waals surface area contributed by atoms with E-state index in [-0.39, 0.29) is 11.3 Å². The number of carboxylic acid groups (broad SMARTS) is 1. The molecule has 3 nitrogen and oxygen atoms in total. The van der Waals surface area contributed by atoms with Crippen molar-refractivity contribution in [2.45, 2.75) is 10.6 Å². The van der Waals surface area contributed by atoms with Gasteiger partial charge in [-0.15, -0.1) is 0 Å². The Bertz CT molecular complexity index is 669. The normalized spacial score (nSPS) is 12.1. The molecular formula is C14H10Br2O3S. The lowest BCUT2D eigenvalue weighted by Gasteiger charge is -2.07. The van der Waals surface area contributed by atoms with Gasteiger partial charge in [-0.1, -0.05) is 44.0 Å². The summed E-state index contributed by atoms with van der Waals surface area (Å²) in [4.78, 5) is 11.5. The maximum Gasteiger partial charge on any atom is 0.336 e. The topological polar surface area (TPSA) is 54.4 Å². The summed E-state index contributed by atoms with van der Waals surface area (Å²) in [5.74, 6) is -0.791. The smallest absolute Gasteiger partial charge is 0.336 e. The van der Waals surface area contributed by atoms with E-state index in [0.717, 1.165) is 10.0 Å².